The zero-order valence-electron chi connectivity index (χ0n) is 10.6. The summed E-state index contributed by atoms with van der Waals surface area (Å²) in [6, 6.07) is 6.75. The van der Waals surface area contributed by atoms with Gasteiger partial charge in [0.25, 0.3) is 0 Å². The van der Waals surface area contributed by atoms with Crippen LogP contribution < -0.4 is 10.6 Å². The van der Waals surface area contributed by atoms with Gasteiger partial charge in [0, 0.05) is 24.3 Å². The second kappa shape index (κ2) is 5.68. The summed E-state index contributed by atoms with van der Waals surface area (Å²) in [4.78, 5) is 10.7. The Hall–Kier alpha value is -1.55. The summed E-state index contributed by atoms with van der Waals surface area (Å²) < 4.78 is 0. The number of hydrogen-bond donors (Lipinski definition) is 3. The Labute approximate surface area is 102 Å². The van der Waals surface area contributed by atoms with Gasteiger partial charge in [-0.1, -0.05) is 0 Å². The van der Waals surface area contributed by atoms with Gasteiger partial charge in [-0.25, -0.2) is 4.79 Å². The predicted octanol–water partition coefficient (Wildman–Crippen LogP) is 2.18. The van der Waals surface area contributed by atoms with Crippen LogP contribution in [0.15, 0.2) is 24.3 Å². The number of benzene rings is 1. The smallest absolute Gasteiger partial charge is 0.335 e. The third kappa shape index (κ3) is 5.36. The van der Waals surface area contributed by atoms with Gasteiger partial charge in [-0.2, -0.15) is 0 Å². The van der Waals surface area contributed by atoms with E-state index in [0.717, 1.165) is 18.8 Å². The molecule has 0 unspecified atom stereocenters. The van der Waals surface area contributed by atoms with Gasteiger partial charge in [-0.05, 0) is 45.0 Å². The van der Waals surface area contributed by atoms with E-state index in [4.69, 9.17) is 5.11 Å². The molecule has 0 atom stereocenters. The lowest BCUT2D eigenvalue weighted by molar-refractivity contribution is 0.0697. The van der Waals surface area contributed by atoms with E-state index in [0.29, 0.717) is 5.56 Å². The van der Waals surface area contributed by atoms with Crippen molar-refractivity contribution in [1.29, 1.82) is 0 Å². The molecule has 4 nitrogen and oxygen atoms in total. The molecule has 0 saturated carbocycles. The van der Waals surface area contributed by atoms with E-state index in [1.54, 1.807) is 24.3 Å². The van der Waals surface area contributed by atoms with E-state index in [2.05, 4.69) is 31.4 Å². The summed E-state index contributed by atoms with van der Waals surface area (Å²) in [6.07, 6.45) is 0. The molecule has 1 rings (SSSR count). The van der Waals surface area contributed by atoms with Gasteiger partial charge in [0.05, 0.1) is 5.56 Å². The van der Waals surface area contributed by atoms with Crippen molar-refractivity contribution in [3.63, 3.8) is 0 Å². The zero-order chi connectivity index (χ0) is 12.9. The van der Waals surface area contributed by atoms with Crippen molar-refractivity contribution >= 4 is 11.7 Å². The van der Waals surface area contributed by atoms with E-state index < -0.39 is 5.97 Å². The van der Waals surface area contributed by atoms with Crippen LogP contribution in [0.5, 0.6) is 0 Å². The third-order valence-corrected chi connectivity index (χ3v) is 2.24. The lowest BCUT2D eigenvalue weighted by Gasteiger charge is -2.20. The number of rotatable bonds is 5. The van der Waals surface area contributed by atoms with Gasteiger partial charge in [0.1, 0.15) is 0 Å². The molecule has 0 aliphatic rings. The second-order valence-electron chi connectivity index (χ2n) is 4.99. The van der Waals surface area contributed by atoms with Gasteiger partial charge in [-0.15, -0.1) is 0 Å². The van der Waals surface area contributed by atoms with Crippen molar-refractivity contribution in [2.24, 2.45) is 0 Å². The highest BCUT2D eigenvalue weighted by atomic mass is 16.4. The Kier molecular flexibility index (Phi) is 4.52. The molecule has 3 N–H and O–H groups in total. The standard InChI is InChI=1S/C13H20N2O2/c1-13(2,3)15-9-8-14-11-6-4-10(5-7-11)12(16)17/h4-7,14-15H,8-9H2,1-3H3,(H,16,17). The predicted molar refractivity (Wildman–Crippen MR) is 69.6 cm³/mol. The molecule has 1 aromatic carbocycles. The molecule has 0 spiro atoms. The van der Waals surface area contributed by atoms with E-state index in [9.17, 15) is 4.79 Å². The van der Waals surface area contributed by atoms with E-state index in [1.165, 1.54) is 0 Å². The molecular formula is C13H20N2O2. The molecule has 0 fully saturated rings. The van der Waals surface area contributed by atoms with Crippen LogP contribution in [0.25, 0.3) is 0 Å². The molecule has 4 heteroatoms. The lowest BCUT2D eigenvalue weighted by Crippen LogP contribution is -2.38. The molecule has 94 valence electrons. The van der Waals surface area contributed by atoms with Crippen molar-refractivity contribution in [3.05, 3.63) is 29.8 Å². The van der Waals surface area contributed by atoms with Crippen molar-refractivity contribution in [3.8, 4) is 0 Å². The average molecular weight is 236 g/mol. The Balaban J connectivity index is 2.35. The summed E-state index contributed by atoms with van der Waals surface area (Å²) in [5, 5.41) is 15.3. The van der Waals surface area contributed by atoms with Crippen LogP contribution in [0, 0.1) is 0 Å². The fourth-order valence-corrected chi connectivity index (χ4v) is 1.37. The highest BCUT2D eigenvalue weighted by Gasteiger charge is 2.07. The summed E-state index contributed by atoms with van der Waals surface area (Å²) in [5.41, 5.74) is 1.36. The second-order valence-corrected chi connectivity index (χ2v) is 4.99. The monoisotopic (exact) mass is 236 g/mol. The van der Waals surface area contributed by atoms with Gasteiger partial charge >= 0.3 is 5.97 Å². The van der Waals surface area contributed by atoms with Crippen LogP contribution >= 0.6 is 0 Å². The molecule has 0 bridgehead atoms. The third-order valence-electron chi connectivity index (χ3n) is 2.24. The van der Waals surface area contributed by atoms with Crippen LogP contribution in [-0.2, 0) is 0 Å². The maximum atomic E-state index is 10.7. The average Bonchev–Trinajstić information content (AvgIpc) is 2.24. The molecular weight excluding hydrogens is 216 g/mol. The van der Waals surface area contributed by atoms with E-state index in [1.807, 2.05) is 0 Å². The molecule has 0 amide bonds. The normalized spacial score (nSPS) is 11.2. The van der Waals surface area contributed by atoms with Crippen LogP contribution in [-0.4, -0.2) is 29.7 Å². The highest BCUT2D eigenvalue weighted by molar-refractivity contribution is 5.87. The van der Waals surface area contributed by atoms with Gasteiger partial charge in [-0.3, -0.25) is 0 Å². The van der Waals surface area contributed by atoms with Crippen molar-refractivity contribution < 1.29 is 9.90 Å². The number of nitrogens with one attached hydrogen (secondary N) is 2. The lowest BCUT2D eigenvalue weighted by atomic mass is 10.1. The van der Waals surface area contributed by atoms with Crippen LogP contribution in [0.1, 0.15) is 31.1 Å². The minimum absolute atomic E-state index is 0.120. The van der Waals surface area contributed by atoms with Crippen molar-refractivity contribution in [2.45, 2.75) is 26.3 Å². The van der Waals surface area contributed by atoms with Crippen LogP contribution in [0.3, 0.4) is 0 Å². The maximum absolute atomic E-state index is 10.7. The number of carboxylic acids is 1. The van der Waals surface area contributed by atoms with Gasteiger partial charge in [0.2, 0.25) is 0 Å². The maximum Gasteiger partial charge on any atom is 0.335 e. The number of hydrogen-bond acceptors (Lipinski definition) is 3. The summed E-state index contributed by atoms with van der Waals surface area (Å²) >= 11 is 0. The SMILES string of the molecule is CC(C)(C)NCCNc1ccc(C(=O)O)cc1. The van der Waals surface area contributed by atoms with Gasteiger partial charge < -0.3 is 15.7 Å². The first kappa shape index (κ1) is 13.5. The molecule has 0 aromatic heterocycles. The van der Waals surface area contributed by atoms with Gasteiger partial charge in [0.15, 0.2) is 0 Å². The van der Waals surface area contributed by atoms with Crippen LogP contribution in [0.2, 0.25) is 0 Å². The Morgan fingerprint density at radius 2 is 1.76 bits per heavy atom. The molecule has 17 heavy (non-hydrogen) atoms. The summed E-state index contributed by atoms with van der Waals surface area (Å²) in [6.45, 7) is 8.03. The number of anilines is 1. The Bertz CT molecular complexity index is 366. The van der Waals surface area contributed by atoms with Crippen molar-refractivity contribution in [1.82, 2.24) is 5.32 Å². The molecule has 0 radical (unpaired) electrons. The molecule has 0 aliphatic heterocycles. The van der Waals surface area contributed by atoms with E-state index in [-0.39, 0.29) is 5.54 Å². The number of carboxylic acid groups (broad SMARTS) is 1. The quantitative estimate of drug-likeness (QED) is 0.686. The molecule has 1 aromatic rings. The number of aromatic carboxylic acids is 1. The Morgan fingerprint density at radius 1 is 1.18 bits per heavy atom. The molecule has 0 heterocycles. The summed E-state index contributed by atoms with van der Waals surface area (Å²) in [7, 11) is 0. The molecule has 0 aliphatic carbocycles. The number of carbonyl (C=O) groups is 1. The zero-order valence-corrected chi connectivity index (χ0v) is 10.6. The van der Waals surface area contributed by atoms with Crippen molar-refractivity contribution in [2.75, 3.05) is 18.4 Å². The first-order valence-corrected chi connectivity index (χ1v) is 5.71. The topological polar surface area (TPSA) is 61.4 Å². The highest BCUT2D eigenvalue weighted by Crippen LogP contribution is 2.09. The minimum atomic E-state index is -0.897. The molecule has 0 saturated heterocycles. The fraction of sp³-hybridized carbons (Fsp3) is 0.462. The Morgan fingerprint density at radius 3 is 2.24 bits per heavy atom. The largest absolute Gasteiger partial charge is 0.478 e. The fourth-order valence-electron chi connectivity index (χ4n) is 1.37. The summed E-state index contributed by atoms with van der Waals surface area (Å²) in [5.74, 6) is -0.897. The first-order chi connectivity index (χ1) is 7.88. The first-order valence-electron chi connectivity index (χ1n) is 5.71. The van der Waals surface area contributed by atoms with Crippen LogP contribution in [0.4, 0.5) is 5.69 Å². The minimum Gasteiger partial charge on any atom is -0.478 e. The van der Waals surface area contributed by atoms with E-state index >= 15 is 0 Å².